The van der Waals surface area contributed by atoms with Crippen molar-refractivity contribution in [1.82, 2.24) is 5.32 Å². The summed E-state index contributed by atoms with van der Waals surface area (Å²) in [7, 11) is 1.51. The first-order chi connectivity index (χ1) is 11.5. The summed E-state index contributed by atoms with van der Waals surface area (Å²) in [5, 5.41) is 2.96. The highest BCUT2D eigenvalue weighted by molar-refractivity contribution is 5.85. The normalized spacial score (nSPS) is 19.0. The fourth-order valence-corrected chi connectivity index (χ4v) is 3.07. The van der Waals surface area contributed by atoms with Crippen LogP contribution >= 0.6 is 12.4 Å². The van der Waals surface area contributed by atoms with Gasteiger partial charge >= 0.3 is 0 Å². The number of halogens is 1. The number of nitrogens with one attached hydrogen (secondary N) is 1. The number of benzene rings is 1. The highest BCUT2D eigenvalue weighted by Gasteiger charge is 2.31. The summed E-state index contributed by atoms with van der Waals surface area (Å²) in [4.78, 5) is 23.1. The van der Waals surface area contributed by atoms with Crippen LogP contribution in [0.4, 0.5) is 0 Å². The lowest BCUT2D eigenvalue weighted by molar-refractivity contribution is -0.126. The van der Waals surface area contributed by atoms with Crippen molar-refractivity contribution in [3.63, 3.8) is 0 Å². The molecule has 1 saturated carbocycles. The Morgan fingerprint density at radius 2 is 2.04 bits per heavy atom. The number of amides is 2. The molecule has 7 nitrogen and oxygen atoms in total. The maximum Gasteiger partial charge on any atom is 0.255 e. The fourth-order valence-electron chi connectivity index (χ4n) is 3.07. The van der Waals surface area contributed by atoms with Gasteiger partial charge in [0.25, 0.3) is 5.91 Å². The summed E-state index contributed by atoms with van der Waals surface area (Å²) in [6.45, 7) is 0.742. The number of rotatable bonds is 8. The number of carbonyl (C=O) groups excluding carboxylic acids is 2. The van der Waals surface area contributed by atoms with Crippen LogP contribution in [-0.2, 0) is 16.1 Å². The third-order valence-electron chi connectivity index (χ3n) is 4.36. The molecule has 8 heteroatoms. The van der Waals surface area contributed by atoms with Gasteiger partial charge in [0.1, 0.15) is 0 Å². The van der Waals surface area contributed by atoms with Crippen molar-refractivity contribution in [2.24, 2.45) is 23.3 Å². The van der Waals surface area contributed by atoms with E-state index in [2.05, 4.69) is 5.32 Å². The van der Waals surface area contributed by atoms with Gasteiger partial charge in [0, 0.05) is 12.5 Å². The van der Waals surface area contributed by atoms with Crippen LogP contribution in [0.1, 0.15) is 24.8 Å². The Labute approximate surface area is 153 Å². The second-order valence-electron chi connectivity index (χ2n) is 5.99. The molecule has 0 radical (unpaired) electrons. The molecule has 25 heavy (non-hydrogen) atoms. The van der Waals surface area contributed by atoms with Crippen LogP contribution in [0.5, 0.6) is 11.5 Å². The summed E-state index contributed by atoms with van der Waals surface area (Å²) >= 11 is 0. The maximum absolute atomic E-state index is 12.3. The van der Waals surface area contributed by atoms with E-state index < -0.39 is 5.91 Å². The van der Waals surface area contributed by atoms with Gasteiger partial charge in [0.05, 0.1) is 7.11 Å². The molecule has 5 N–H and O–H groups in total. The lowest BCUT2D eigenvalue weighted by Gasteiger charge is -2.17. The molecule has 2 rings (SSSR count). The molecule has 140 valence electrons. The van der Waals surface area contributed by atoms with Gasteiger partial charge in [-0.3, -0.25) is 9.59 Å². The molecular formula is C17H26ClN3O4. The fraction of sp³-hybridized carbons (Fsp3) is 0.529. The molecule has 0 aliphatic heterocycles. The number of nitrogens with two attached hydrogens (primary N) is 2. The van der Waals surface area contributed by atoms with Crippen LogP contribution in [0.25, 0.3) is 0 Å². The molecule has 0 spiro atoms. The molecule has 0 saturated heterocycles. The van der Waals surface area contributed by atoms with Crippen LogP contribution in [0.3, 0.4) is 0 Å². The monoisotopic (exact) mass is 371 g/mol. The zero-order valence-electron chi connectivity index (χ0n) is 14.3. The topological polar surface area (TPSA) is 117 Å². The van der Waals surface area contributed by atoms with Crippen molar-refractivity contribution in [2.45, 2.75) is 25.8 Å². The van der Waals surface area contributed by atoms with Crippen molar-refractivity contribution >= 4 is 24.2 Å². The zero-order chi connectivity index (χ0) is 17.5. The Hall–Kier alpha value is -1.99. The van der Waals surface area contributed by atoms with Crippen molar-refractivity contribution in [3.05, 3.63) is 23.8 Å². The molecule has 1 aliphatic carbocycles. The summed E-state index contributed by atoms with van der Waals surface area (Å²) in [5.41, 5.74) is 11.7. The average Bonchev–Trinajstić information content (AvgIpc) is 3.06. The summed E-state index contributed by atoms with van der Waals surface area (Å²) in [5.74, 6) is 0.712. The predicted molar refractivity (Wildman–Crippen MR) is 96.7 cm³/mol. The summed E-state index contributed by atoms with van der Waals surface area (Å²) in [6, 6.07) is 5.28. The van der Waals surface area contributed by atoms with Gasteiger partial charge in [-0.1, -0.05) is 12.5 Å². The minimum absolute atomic E-state index is 0. The third kappa shape index (κ3) is 5.79. The molecule has 0 bridgehead atoms. The summed E-state index contributed by atoms with van der Waals surface area (Å²) < 4.78 is 10.5. The van der Waals surface area contributed by atoms with E-state index >= 15 is 0 Å². The Bertz CT molecular complexity index is 597. The molecule has 2 amide bonds. The highest BCUT2D eigenvalue weighted by atomic mass is 35.5. The molecular weight excluding hydrogens is 346 g/mol. The highest BCUT2D eigenvalue weighted by Crippen LogP contribution is 2.31. The lowest BCUT2D eigenvalue weighted by atomic mass is 9.95. The second-order valence-corrected chi connectivity index (χ2v) is 5.99. The van der Waals surface area contributed by atoms with Gasteiger partial charge < -0.3 is 26.3 Å². The number of primary amides is 1. The van der Waals surface area contributed by atoms with E-state index in [0.29, 0.717) is 24.6 Å². The molecule has 1 aliphatic rings. The van der Waals surface area contributed by atoms with E-state index in [1.807, 2.05) is 6.07 Å². The molecule has 1 aromatic carbocycles. The third-order valence-corrected chi connectivity index (χ3v) is 4.36. The van der Waals surface area contributed by atoms with Crippen LogP contribution in [0, 0.1) is 11.8 Å². The van der Waals surface area contributed by atoms with Crippen molar-refractivity contribution in [3.8, 4) is 11.5 Å². The Kier molecular flexibility index (Phi) is 8.51. The van der Waals surface area contributed by atoms with Gasteiger partial charge in [0.15, 0.2) is 18.1 Å². The molecule has 1 aromatic rings. The average molecular weight is 372 g/mol. The molecule has 1 fully saturated rings. The van der Waals surface area contributed by atoms with Gasteiger partial charge in [0.2, 0.25) is 5.91 Å². The quantitative estimate of drug-likeness (QED) is 0.629. The van der Waals surface area contributed by atoms with E-state index in [1.165, 1.54) is 7.11 Å². The van der Waals surface area contributed by atoms with E-state index in [-0.39, 0.29) is 36.8 Å². The molecule has 2 atom stereocenters. The minimum atomic E-state index is -0.556. The van der Waals surface area contributed by atoms with Crippen LogP contribution in [-0.4, -0.2) is 32.1 Å². The largest absolute Gasteiger partial charge is 0.493 e. The van der Waals surface area contributed by atoms with Crippen LogP contribution in [0.2, 0.25) is 0 Å². The van der Waals surface area contributed by atoms with Crippen molar-refractivity contribution in [1.29, 1.82) is 0 Å². The zero-order valence-corrected chi connectivity index (χ0v) is 15.1. The number of methoxy groups -OCH3 is 1. The van der Waals surface area contributed by atoms with Gasteiger partial charge in [-0.2, -0.15) is 0 Å². The first kappa shape index (κ1) is 21.1. The number of hydrogen-bond acceptors (Lipinski definition) is 5. The number of carbonyl (C=O) groups is 2. The Morgan fingerprint density at radius 3 is 2.68 bits per heavy atom. The first-order valence-corrected chi connectivity index (χ1v) is 8.11. The molecule has 0 aromatic heterocycles. The molecule has 0 heterocycles. The second kappa shape index (κ2) is 10.1. The summed E-state index contributed by atoms with van der Waals surface area (Å²) in [6.07, 6.45) is 2.98. The van der Waals surface area contributed by atoms with E-state index in [9.17, 15) is 9.59 Å². The van der Waals surface area contributed by atoms with Gasteiger partial charge in [-0.05, 0) is 43.0 Å². The number of ether oxygens (including phenoxy) is 2. The van der Waals surface area contributed by atoms with E-state index in [4.69, 9.17) is 20.9 Å². The van der Waals surface area contributed by atoms with E-state index in [1.54, 1.807) is 12.1 Å². The van der Waals surface area contributed by atoms with E-state index in [0.717, 1.165) is 24.8 Å². The van der Waals surface area contributed by atoms with Crippen LogP contribution in [0.15, 0.2) is 18.2 Å². The van der Waals surface area contributed by atoms with Crippen molar-refractivity contribution in [2.75, 3.05) is 20.3 Å². The van der Waals surface area contributed by atoms with Crippen molar-refractivity contribution < 1.29 is 19.1 Å². The van der Waals surface area contributed by atoms with Gasteiger partial charge in [-0.25, -0.2) is 0 Å². The Morgan fingerprint density at radius 1 is 1.28 bits per heavy atom. The van der Waals surface area contributed by atoms with Crippen LogP contribution < -0.4 is 26.3 Å². The maximum atomic E-state index is 12.3. The number of hydrogen-bond donors (Lipinski definition) is 3. The predicted octanol–water partition coefficient (Wildman–Crippen LogP) is 0.972. The lowest BCUT2D eigenvalue weighted by Crippen LogP contribution is -2.34. The molecule has 0 unspecified atom stereocenters. The van der Waals surface area contributed by atoms with Gasteiger partial charge in [-0.15, -0.1) is 12.4 Å². The SMILES string of the molecule is COc1cc(CNC(=O)[C@@H]2CCC[C@@H]2CN)ccc1OCC(N)=O.Cl. The Balaban J connectivity index is 0.00000312. The first-order valence-electron chi connectivity index (χ1n) is 8.11. The minimum Gasteiger partial charge on any atom is -0.493 e. The smallest absolute Gasteiger partial charge is 0.255 e. The standard InChI is InChI=1S/C17H25N3O4.ClH/c1-23-15-7-11(5-6-14(15)24-10-16(19)21)9-20-17(22)13-4-2-3-12(13)8-18;/h5-7,12-13H,2-4,8-10,18H2,1H3,(H2,19,21)(H,20,22);1H/t12-,13-;/m1./s1.